The van der Waals surface area contributed by atoms with Gasteiger partial charge < -0.3 is 15.0 Å². The highest BCUT2D eigenvalue weighted by molar-refractivity contribution is 7.89. The molecule has 0 bridgehead atoms. The van der Waals surface area contributed by atoms with Gasteiger partial charge in [-0.3, -0.25) is 9.59 Å². The summed E-state index contributed by atoms with van der Waals surface area (Å²) in [5.41, 5.74) is 1.77. The maximum Gasteiger partial charge on any atom is 0.310 e. The first-order chi connectivity index (χ1) is 17.2. The molecule has 36 heavy (non-hydrogen) atoms. The van der Waals surface area contributed by atoms with Crippen molar-refractivity contribution in [1.82, 2.24) is 4.72 Å². The highest BCUT2D eigenvalue weighted by Gasteiger charge is 2.31. The number of unbranched alkanes of at least 4 members (excludes halogenated alkanes) is 1. The number of piperidine rings is 1. The van der Waals surface area contributed by atoms with E-state index in [1.54, 1.807) is 26.0 Å². The minimum Gasteiger partial charge on any atom is -0.466 e. The second-order valence-electron chi connectivity index (χ2n) is 9.13. The molecule has 1 aliphatic heterocycles. The van der Waals surface area contributed by atoms with Crippen LogP contribution in [0.3, 0.4) is 0 Å². The first-order valence-corrected chi connectivity index (χ1v) is 14.2. The van der Waals surface area contributed by atoms with Crippen molar-refractivity contribution in [2.45, 2.75) is 63.8 Å². The van der Waals surface area contributed by atoms with Crippen molar-refractivity contribution >= 4 is 33.3 Å². The molecular weight excluding hydrogens is 478 g/mol. The van der Waals surface area contributed by atoms with Gasteiger partial charge in [-0.1, -0.05) is 43.7 Å². The molecule has 9 heteroatoms. The number of ether oxygens (including phenoxy) is 1. The van der Waals surface area contributed by atoms with Gasteiger partial charge in [0.15, 0.2) is 0 Å². The lowest BCUT2D eigenvalue weighted by Gasteiger charge is -2.34. The van der Waals surface area contributed by atoms with Crippen molar-refractivity contribution in [3.8, 4) is 0 Å². The number of anilines is 2. The van der Waals surface area contributed by atoms with Gasteiger partial charge in [-0.15, -0.1) is 0 Å². The number of benzene rings is 2. The van der Waals surface area contributed by atoms with Crippen LogP contribution in [-0.4, -0.2) is 40.0 Å². The lowest BCUT2D eigenvalue weighted by atomic mass is 9.97. The smallest absolute Gasteiger partial charge is 0.310 e. The second-order valence-corrected chi connectivity index (χ2v) is 10.8. The molecule has 8 nitrogen and oxygen atoms in total. The van der Waals surface area contributed by atoms with Crippen LogP contribution in [0.25, 0.3) is 0 Å². The van der Waals surface area contributed by atoms with Crippen LogP contribution in [0.1, 0.15) is 64.5 Å². The van der Waals surface area contributed by atoms with Gasteiger partial charge in [-0.05, 0) is 56.9 Å². The van der Waals surface area contributed by atoms with E-state index in [2.05, 4.69) is 10.0 Å². The quantitative estimate of drug-likeness (QED) is 0.423. The van der Waals surface area contributed by atoms with Crippen molar-refractivity contribution in [3.63, 3.8) is 0 Å². The molecule has 1 aliphatic rings. The maximum absolute atomic E-state index is 13.7. The number of carbonyl (C=O) groups is 2. The Balaban J connectivity index is 1.94. The zero-order chi connectivity index (χ0) is 26.1. The standard InChI is InChI=1S/C27H37N3O5S/c1-4-6-14-26(31)28-23-15-16-24(30-17-10-13-22(19-30)27(32)35-5-2)25(18-23)36(33,34)29-20(3)21-11-8-7-9-12-21/h7-9,11-12,15-16,18,20,22,29H,4-6,10,13-14,17,19H2,1-3H3,(H,28,31)/t20-,22-/m1/s1. The van der Waals surface area contributed by atoms with Gasteiger partial charge in [0.25, 0.3) is 0 Å². The van der Waals surface area contributed by atoms with Crippen molar-refractivity contribution in [2.75, 3.05) is 29.9 Å². The Kier molecular flexibility index (Phi) is 9.89. The lowest BCUT2D eigenvalue weighted by Crippen LogP contribution is -2.40. The number of nitrogens with zero attached hydrogens (tertiary/aromatic N) is 1. The van der Waals surface area contributed by atoms with E-state index >= 15 is 0 Å². The number of nitrogens with one attached hydrogen (secondary N) is 2. The first kappa shape index (κ1) is 27.7. The summed E-state index contributed by atoms with van der Waals surface area (Å²) < 4.78 is 35.3. The van der Waals surface area contributed by atoms with Gasteiger partial charge in [0.2, 0.25) is 15.9 Å². The monoisotopic (exact) mass is 515 g/mol. The van der Waals surface area contributed by atoms with Crippen LogP contribution in [-0.2, 0) is 24.3 Å². The molecule has 2 aromatic rings. The van der Waals surface area contributed by atoms with Gasteiger partial charge in [0.05, 0.1) is 18.2 Å². The predicted molar refractivity (Wildman–Crippen MR) is 141 cm³/mol. The summed E-state index contributed by atoms with van der Waals surface area (Å²) >= 11 is 0. The molecule has 2 atom stereocenters. The fourth-order valence-corrected chi connectivity index (χ4v) is 5.87. The second kappa shape index (κ2) is 12.9. The molecule has 196 valence electrons. The third-order valence-corrected chi connectivity index (χ3v) is 7.87. The van der Waals surface area contributed by atoms with E-state index in [1.807, 2.05) is 42.2 Å². The van der Waals surface area contributed by atoms with Crippen molar-refractivity contribution in [1.29, 1.82) is 0 Å². The number of hydrogen-bond donors (Lipinski definition) is 2. The third-order valence-electron chi connectivity index (χ3n) is 6.30. The molecule has 0 spiro atoms. The molecule has 3 rings (SSSR count). The van der Waals surface area contributed by atoms with Crippen LogP contribution in [0.2, 0.25) is 0 Å². The molecule has 0 aromatic heterocycles. The minimum atomic E-state index is -3.97. The summed E-state index contributed by atoms with van der Waals surface area (Å²) in [7, 11) is -3.97. The van der Waals surface area contributed by atoms with E-state index in [1.165, 1.54) is 6.07 Å². The number of hydrogen-bond acceptors (Lipinski definition) is 6. The van der Waals surface area contributed by atoms with E-state index < -0.39 is 16.1 Å². The highest BCUT2D eigenvalue weighted by atomic mass is 32.2. The zero-order valence-electron chi connectivity index (χ0n) is 21.3. The SMILES string of the molecule is CCCCC(=O)Nc1ccc(N2CCC[C@@H](C(=O)OCC)C2)c(S(=O)(=O)N[C@H](C)c2ccccc2)c1. The van der Waals surface area contributed by atoms with Crippen LogP contribution in [0.15, 0.2) is 53.4 Å². The minimum absolute atomic E-state index is 0.0723. The zero-order valence-corrected chi connectivity index (χ0v) is 22.1. The average Bonchev–Trinajstić information content (AvgIpc) is 2.88. The average molecular weight is 516 g/mol. The Labute approximate surface area is 214 Å². The van der Waals surface area contributed by atoms with Crippen molar-refractivity contribution in [2.24, 2.45) is 5.92 Å². The Bertz CT molecular complexity index is 1140. The molecule has 1 fully saturated rings. The summed E-state index contributed by atoms with van der Waals surface area (Å²) in [5, 5.41) is 2.82. The predicted octanol–water partition coefficient (Wildman–Crippen LogP) is 4.63. The third kappa shape index (κ3) is 7.30. The van der Waals surface area contributed by atoms with E-state index in [0.29, 0.717) is 43.9 Å². The summed E-state index contributed by atoms with van der Waals surface area (Å²) in [6.07, 6.45) is 3.47. The summed E-state index contributed by atoms with van der Waals surface area (Å²) in [6.45, 7) is 6.88. The molecule has 2 N–H and O–H groups in total. The van der Waals surface area contributed by atoms with E-state index in [-0.39, 0.29) is 22.7 Å². The number of carbonyl (C=O) groups excluding carboxylic acids is 2. The molecular formula is C27H37N3O5S. The fourth-order valence-electron chi connectivity index (χ4n) is 4.38. The molecule has 2 aromatic carbocycles. The fraction of sp³-hybridized carbons (Fsp3) is 0.481. The topological polar surface area (TPSA) is 105 Å². The van der Waals surface area contributed by atoms with Crippen LogP contribution in [0.4, 0.5) is 11.4 Å². The van der Waals surface area contributed by atoms with Gasteiger partial charge in [0, 0.05) is 31.2 Å². The first-order valence-electron chi connectivity index (χ1n) is 12.7. The van der Waals surface area contributed by atoms with Crippen LogP contribution in [0.5, 0.6) is 0 Å². The molecule has 1 amide bonds. The van der Waals surface area contributed by atoms with E-state index in [0.717, 1.165) is 24.8 Å². The van der Waals surface area contributed by atoms with Crippen molar-refractivity contribution in [3.05, 3.63) is 54.1 Å². The van der Waals surface area contributed by atoms with Crippen LogP contribution in [0, 0.1) is 5.92 Å². The number of amides is 1. The lowest BCUT2D eigenvalue weighted by molar-refractivity contribution is -0.148. The Hall–Kier alpha value is -2.91. The van der Waals surface area contributed by atoms with Gasteiger partial charge in [-0.2, -0.15) is 0 Å². The molecule has 0 radical (unpaired) electrons. The van der Waals surface area contributed by atoms with E-state index in [9.17, 15) is 18.0 Å². The Morgan fingerprint density at radius 2 is 1.89 bits per heavy atom. The van der Waals surface area contributed by atoms with Crippen LogP contribution >= 0.6 is 0 Å². The Morgan fingerprint density at radius 3 is 2.58 bits per heavy atom. The number of esters is 1. The van der Waals surface area contributed by atoms with Crippen LogP contribution < -0.4 is 14.9 Å². The molecule has 1 saturated heterocycles. The maximum atomic E-state index is 13.7. The largest absolute Gasteiger partial charge is 0.466 e. The molecule has 0 unspecified atom stereocenters. The van der Waals surface area contributed by atoms with Gasteiger partial charge in [-0.25, -0.2) is 13.1 Å². The Morgan fingerprint density at radius 1 is 1.14 bits per heavy atom. The highest BCUT2D eigenvalue weighted by Crippen LogP contribution is 2.33. The van der Waals surface area contributed by atoms with E-state index in [4.69, 9.17) is 4.74 Å². The van der Waals surface area contributed by atoms with Gasteiger partial charge in [0.1, 0.15) is 4.90 Å². The molecule has 0 saturated carbocycles. The number of sulfonamides is 1. The summed E-state index contributed by atoms with van der Waals surface area (Å²) in [6, 6.07) is 13.8. The van der Waals surface area contributed by atoms with Gasteiger partial charge >= 0.3 is 5.97 Å². The summed E-state index contributed by atoms with van der Waals surface area (Å²) in [4.78, 5) is 26.7. The summed E-state index contributed by atoms with van der Waals surface area (Å²) in [5.74, 6) is -0.736. The molecule has 0 aliphatic carbocycles. The molecule has 1 heterocycles. The van der Waals surface area contributed by atoms with Crippen molar-refractivity contribution < 1.29 is 22.7 Å². The number of rotatable bonds is 11. The normalized spacial score (nSPS) is 16.9.